The number of furan rings is 1. The molecular formula is C20H19N5O5S. The van der Waals surface area contributed by atoms with Gasteiger partial charge in [0.1, 0.15) is 11.2 Å². The number of fused-ring (bicyclic) bond motifs is 1. The first-order valence-corrected chi connectivity index (χ1v) is 10.2. The number of methoxy groups -OCH3 is 2. The van der Waals surface area contributed by atoms with Crippen molar-refractivity contribution in [2.75, 3.05) is 20.0 Å². The molecule has 0 unspecified atom stereocenters. The van der Waals surface area contributed by atoms with E-state index in [2.05, 4.69) is 20.6 Å². The summed E-state index contributed by atoms with van der Waals surface area (Å²) in [5, 5.41) is 14.1. The predicted octanol–water partition coefficient (Wildman–Crippen LogP) is 2.10. The molecule has 11 heteroatoms. The molecule has 160 valence electrons. The van der Waals surface area contributed by atoms with Crippen molar-refractivity contribution in [3.63, 3.8) is 0 Å². The van der Waals surface area contributed by atoms with Crippen LogP contribution in [-0.4, -0.2) is 45.7 Å². The maximum atomic E-state index is 12.4. The van der Waals surface area contributed by atoms with Gasteiger partial charge < -0.3 is 19.2 Å². The molecule has 0 bridgehead atoms. The van der Waals surface area contributed by atoms with Crippen molar-refractivity contribution in [2.45, 2.75) is 11.7 Å². The van der Waals surface area contributed by atoms with E-state index in [1.54, 1.807) is 38.5 Å². The number of hydrogen-bond donors (Lipinski definition) is 2. The fourth-order valence-corrected chi connectivity index (χ4v) is 3.73. The van der Waals surface area contributed by atoms with Crippen LogP contribution < -0.4 is 20.3 Å². The van der Waals surface area contributed by atoms with Gasteiger partial charge in [-0.3, -0.25) is 9.59 Å². The number of H-pyrrole nitrogens is 1. The summed E-state index contributed by atoms with van der Waals surface area (Å²) in [4.78, 5) is 24.5. The second kappa shape index (κ2) is 8.96. The minimum Gasteiger partial charge on any atom is -0.493 e. The van der Waals surface area contributed by atoms with E-state index in [-0.39, 0.29) is 23.8 Å². The van der Waals surface area contributed by atoms with Gasteiger partial charge in [-0.2, -0.15) is 5.10 Å². The zero-order valence-corrected chi connectivity index (χ0v) is 17.6. The lowest BCUT2D eigenvalue weighted by molar-refractivity contribution is -0.118. The zero-order valence-electron chi connectivity index (χ0n) is 16.7. The van der Waals surface area contributed by atoms with Gasteiger partial charge >= 0.3 is 0 Å². The molecule has 0 radical (unpaired) electrons. The number of thioether (sulfide) groups is 1. The van der Waals surface area contributed by atoms with Crippen molar-refractivity contribution in [2.24, 2.45) is 0 Å². The van der Waals surface area contributed by atoms with E-state index < -0.39 is 0 Å². The Hall–Kier alpha value is -3.73. The van der Waals surface area contributed by atoms with Crippen LogP contribution in [-0.2, 0) is 11.3 Å². The van der Waals surface area contributed by atoms with E-state index in [1.165, 1.54) is 10.8 Å². The van der Waals surface area contributed by atoms with Crippen LogP contribution in [0.5, 0.6) is 11.5 Å². The Morgan fingerprint density at radius 1 is 1.26 bits per heavy atom. The van der Waals surface area contributed by atoms with Crippen molar-refractivity contribution in [3.8, 4) is 23.0 Å². The largest absolute Gasteiger partial charge is 0.493 e. The normalized spacial score (nSPS) is 10.9. The highest BCUT2D eigenvalue weighted by Gasteiger charge is 2.15. The molecule has 31 heavy (non-hydrogen) atoms. The topological polar surface area (TPSA) is 124 Å². The number of aromatic amines is 1. The zero-order chi connectivity index (χ0) is 21.8. The highest BCUT2D eigenvalue weighted by atomic mass is 32.2. The Balaban J connectivity index is 1.45. The molecule has 3 aromatic heterocycles. The van der Waals surface area contributed by atoms with E-state index >= 15 is 0 Å². The highest BCUT2D eigenvalue weighted by Crippen LogP contribution is 2.30. The molecule has 4 rings (SSSR count). The number of aromatic nitrogens is 4. The second-order valence-corrected chi connectivity index (χ2v) is 7.30. The molecule has 0 saturated carbocycles. The van der Waals surface area contributed by atoms with Crippen LogP contribution in [0.2, 0.25) is 0 Å². The molecule has 2 N–H and O–H groups in total. The SMILES string of the molecule is COc1cccc(CNC(=O)CSc2n[nH]c(=O)c3cc(-c4ccco4)nn23)c1OC. The lowest BCUT2D eigenvalue weighted by atomic mass is 10.2. The summed E-state index contributed by atoms with van der Waals surface area (Å²) in [6.07, 6.45) is 1.53. The maximum absolute atomic E-state index is 12.4. The van der Waals surface area contributed by atoms with E-state index in [9.17, 15) is 9.59 Å². The van der Waals surface area contributed by atoms with Crippen molar-refractivity contribution < 1.29 is 18.7 Å². The highest BCUT2D eigenvalue weighted by molar-refractivity contribution is 7.99. The van der Waals surface area contributed by atoms with Crippen LogP contribution in [0.25, 0.3) is 17.0 Å². The van der Waals surface area contributed by atoms with Gasteiger partial charge in [-0.15, -0.1) is 5.10 Å². The van der Waals surface area contributed by atoms with Crippen LogP contribution >= 0.6 is 11.8 Å². The van der Waals surface area contributed by atoms with Crippen molar-refractivity contribution >= 4 is 23.2 Å². The molecule has 0 fully saturated rings. The standard InChI is InChI=1S/C20H19N5O5S/c1-28-16-6-3-5-12(18(16)29-2)10-21-17(26)11-31-20-23-22-19(27)14-9-13(24-25(14)20)15-7-4-8-30-15/h3-9H,10-11H2,1-2H3,(H,21,26)(H,22,27). The van der Waals surface area contributed by atoms with Gasteiger partial charge in [-0.1, -0.05) is 23.9 Å². The van der Waals surface area contributed by atoms with Gasteiger partial charge in [0.15, 0.2) is 17.3 Å². The van der Waals surface area contributed by atoms with Gasteiger partial charge in [-0.05, 0) is 18.2 Å². The fourth-order valence-electron chi connectivity index (χ4n) is 3.00. The summed E-state index contributed by atoms with van der Waals surface area (Å²) in [6, 6.07) is 10.6. The number of carbonyl (C=O) groups is 1. The Morgan fingerprint density at radius 2 is 2.13 bits per heavy atom. The Labute approximate surface area is 180 Å². The van der Waals surface area contributed by atoms with Gasteiger partial charge in [0, 0.05) is 18.2 Å². The van der Waals surface area contributed by atoms with E-state index in [0.717, 1.165) is 17.3 Å². The maximum Gasteiger partial charge on any atom is 0.290 e. The van der Waals surface area contributed by atoms with Crippen LogP contribution in [0.1, 0.15) is 5.56 Å². The molecule has 1 amide bonds. The fraction of sp³-hybridized carbons (Fsp3) is 0.200. The molecule has 4 aromatic rings. The summed E-state index contributed by atoms with van der Waals surface area (Å²) in [5.41, 5.74) is 1.22. The van der Waals surface area contributed by atoms with Crippen LogP contribution in [0.15, 0.2) is 57.0 Å². The molecule has 10 nitrogen and oxygen atoms in total. The number of nitrogens with one attached hydrogen (secondary N) is 2. The third kappa shape index (κ3) is 4.26. The molecule has 0 atom stereocenters. The Bertz CT molecular complexity index is 1260. The summed E-state index contributed by atoms with van der Waals surface area (Å²) in [7, 11) is 3.11. The number of nitrogens with zero attached hydrogens (tertiary/aromatic N) is 3. The second-order valence-electron chi connectivity index (χ2n) is 6.36. The Morgan fingerprint density at radius 3 is 2.87 bits per heavy atom. The third-order valence-corrected chi connectivity index (χ3v) is 5.37. The first-order valence-electron chi connectivity index (χ1n) is 9.22. The summed E-state index contributed by atoms with van der Waals surface area (Å²) in [5.74, 6) is 1.56. The molecule has 0 aliphatic rings. The molecular weight excluding hydrogens is 422 g/mol. The van der Waals surface area contributed by atoms with Gasteiger partial charge in [0.25, 0.3) is 5.56 Å². The number of amides is 1. The van der Waals surface area contributed by atoms with Crippen LogP contribution in [0, 0.1) is 0 Å². The molecule has 0 spiro atoms. The lowest BCUT2D eigenvalue weighted by Gasteiger charge is -2.13. The van der Waals surface area contributed by atoms with Gasteiger partial charge in [0.2, 0.25) is 11.1 Å². The van der Waals surface area contributed by atoms with Crippen LogP contribution in [0.4, 0.5) is 0 Å². The van der Waals surface area contributed by atoms with E-state index in [4.69, 9.17) is 13.9 Å². The van der Waals surface area contributed by atoms with Crippen molar-refractivity contribution in [3.05, 3.63) is 58.6 Å². The smallest absolute Gasteiger partial charge is 0.290 e. The molecule has 1 aromatic carbocycles. The first-order chi connectivity index (χ1) is 15.1. The lowest BCUT2D eigenvalue weighted by Crippen LogP contribution is -2.25. The minimum absolute atomic E-state index is 0.0797. The number of benzene rings is 1. The first kappa shape index (κ1) is 20.5. The predicted molar refractivity (Wildman–Crippen MR) is 113 cm³/mol. The summed E-state index contributed by atoms with van der Waals surface area (Å²) in [6.45, 7) is 0.276. The minimum atomic E-state index is -0.385. The van der Waals surface area contributed by atoms with Crippen molar-refractivity contribution in [1.29, 1.82) is 0 Å². The average Bonchev–Trinajstić information content (AvgIpc) is 3.47. The van der Waals surface area contributed by atoms with Gasteiger partial charge in [0.05, 0.1) is 26.2 Å². The van der Waals surface area contributed by atoms with Crippen LogP contribution in [0.3, 0.4) is 0 Å². The van der Waals surface area contributed by atoms with Crippen molar-refractivity contribution in [1.82, 2.24) is 25.1 Å². The van der Waals surface area contributed by atoms with E-state index in [0.29, 0.717) is 33.6 Å². The average molecular weight is 441 g/mol. The molecule has 0 saturated heterocycles. The monoisotopic (exact) mass is 441 g/mol. The van der Waals surface area contributed by atoms with Gasteiger partial charge in [-0.25, -0.2) is 9.61 Å². The molecule has 0 aliphatic heterocycles. The number of para-hydroxylation sites is 1. The molecule has 0 aliphatic carbocycles. The summed E-state index contributed by atoms with van der Waals surface area (Å²) < 4.78 is 17.4. The number of carbonyl (C=O) groups excluding carboxylic acids is 1. The quantitative estimate of drug-likeness (QED) is 0.399. The van der Waals surface area contributed by atoms with E-state index in [1.807, 2.05) is 12.1 Å². The third-order valence-electron chi connectivity index (χ3n) is 4.44. The number of ether oxygens (including phenoxy) is 2. The Kier molecular flexibility index (Phi) is 5.94. The summed E-state index contributed by atoms with van der Waals surface area (Å²) >= 11 is 1.15. The number of hydrogen-bond acceptors (Lipinski definition) is 8. The molecule has 3 heterocycles. The number of rotatable bonds is 8.